The van der Waals surface area contributed by atoms with E-state index in [4.69, 9.17) is 0 Å². The monoisotopic (exact) mass is 180 g/mol. The van der Waals surface area contributed by atoms with Gasteiger partial charge in [-0.1, -0.05) is 6.07 Å². The molecule has 0 unspecified atom stereocenters. The largest absolute Gasteiger partial charge is 0.507 e. The van der Waals surface area contributed by atoms with Gasteiger partial charge in [0.15, 0.2) is 0 Å². The van der Waals surface area contributed by atoms with Crippen LogP contribution in [-0.4, -0.2) is 25.7 Å². The summed E-state index contributed by atoms with van der Waals surface area (Å²) in [5.74, 6) is -0.751. The van der Waals surface area contributed by atoms with E-state index in [1.807, 2.05) is 0 Å². The van der Waals surface area contributed by atoms with Crippen LogP contribution in [0.3, 0.4) is 0 Å². The van der Waals surface area contributed by atoms with Crippen LogP contribution in [-0.2, 0) is 0 Å². The smallest absolute Gasteiger partial charge is 0.211 e. The number of aromatic hydroxyl groups is 1. The van der Waals surface area contributed by atoms with E-state index < -0.39 is 5.82 Å². The number of nitrogens with zero attached hydrogens (tertiary/aromatic N) is 3. The van der Waals surface area contributed by atoms with Crippen molar-refractivity contribution in [2.24, 2.45) is 0 Å². The molecule has 2 rings (SSSR count). The van der Waals surface area contributed by atoms with Crippen molar-refractivity contribution in [1.29, 1.82) is 0 Å². The second-order valence-corrected chi connectivity index (χ2v) is 2.37. The molecule has 0 aliphatic carbocycles. The van der Waals surface area contributed by atoms with E-state index in [-0.39, 0.29) is 17.1 Å². The number of nitrogens with one attached hydrogen (secondary N) is 1. The van der Waals surface area contributed by atoms with Gasteiger partial charge >= 0.3 is 0 Å². The van der Waals surface area contributed by atoms with Gasteiger partial charge < -0.3 is 5.11 Å². The van der Waals surface area contributed by atoms with Crippen molar-refractivity contribution in [2.45, 2.75) is 0 Å². The molecule has 0 bridgehead atoms. The average Bonchev–Trinajstić information content (AvgIpc) is 2.57. The molecule has 0 aliphatic heterocycles. The third kappa shape index (κ3) is 1.22. The van der Waals surface area contributed by atoms with Crippen molar-refractivity contribution in [3.8, 4) is 17.1 Å². The topological polar surface area (TPSA) is 74.7 Å². The predicted octanol–water partition coefficient (Wildman–Crippen LogP) is 0.711. The molecule has 0 saturated carbocycles. The maximum atomic E-state index is 13.1. The van der Waals surface area contributed by atoms with Gasteiger partial charge in [-0.2, -0.15) is 5.21 Å². The molecule has 2 N–H and O–H groups in total. The first kappa shape index (κ1) is 7.66. The molecule has 1 aromatic heterocycles. The van der Waals surface area contributed by atoms with Crippen LogP contribution in [0.5, 0.6) is 5.75 Å². The molecule has 1 aromatic carbocycles. The highest BCUT2D eigenvalue weighted by Gasteiger charge is 2.13. The van der Waals surface area contributed by atoms with Crippen LogP contribution in [0.4, 0.5) is 4.39 Å². The minimum Gasteiger partial charge on any atom is -0.507 e. The second-order valence-electron chi connectivity index (χ2n) is 2.37. The van der Waals surface area contributed by atoms with E-state index in [0.29, 0.717) is 0 Å². The molecule has 0 aliphatic rings. The maximum absolute atomic E-state index is 13.1. The van der Waals surface area contributed by atoms with Crippen LogP contribution in [0, 0.1) is 5.82 Å². The highest BCUT2D eigenvalue weighted by atomic mass is 19.1. The number of hydrogen-bond acceptors (Lipinski definition) is 4. The Balaban J connectivity index is 2.64. The van der Waals surface area contributed by atoms with Crippen molar-refractivity contribution in [1.82, 2.24) is 20.6 Å². The minimum atomic E-state index is -0.582. The molecule has 2 aromatic rings. The predicted molar refractivity (Wildman–Crippen MR) is 41.2 cm³/mol. The van der Waals surface area contributed by atoms with Crippen LogP contribution in [0.25, 0.3) is 11.4 Å². The summed E-state index contributed by atoms with van der Waals surface area (Å²) < 4.78 is 13.1. The molecule has 6 heteroatoms. The van der Waals surface area contributed by atoms with E-state index in [1.54, 1.807) is 0 Å². The van der Waals surface area contributed by atoms with Gasteiger partial charge in [-0.25, -0.2) is 4.39 Å². The standard InChI is InChI=1S/C7H5FN4O/c8-4-2-1-3-5(13)6(4)7-9-11-12-10-7/h1-3,13H,(H,9,10,11,12). The molecular weight excluding hydrogens is 175 g/mol. The third-order valence-corrected chi connectivity index (χ3v) is 1.56. The number of aromatic amines is 1. The van der Waals surface area contributed by atoms with E-state index in [9.17, 15) is 9.50 Å². The summed E-state index contributed by atoms with van der Waals surface area (Å²) in [4.78, 5) is 0. The molecule has 5 nitrogen and oxygen atoms in total. The summed E-state index contributed by atoms with van der Waals surface area (Å²) in [6, 6.07) is 3.97. The fourth-order valence-corrected chi connectivity index (χ4v) is 1.00. The van der Waals surface area contributed by atoms with E-state index in [1.165, 1.54) is 18.2 Å². The number of benzene rings is 1. The maximum Gasteiger partial charge on any atom is 0.211 e. The Morgan fingerprint density at radius 2 is 2.23 bits per heavy atom. The van der Waals surface area contributed by atoms with Gasteiger partial charge in [0.05, 0.1) is 0 Å². The van der Waals surface area contributed by atoms with E-state index in [0.717, 1.165) is 0 Å². The molecule has 13 heavy (non-hydrogen) atoms. The number of hydrogen-bond donors (Lipinski definition) is 2. The Morgan fingerprint density at radius 1 is 1.38 bits per heavy atom. The second kappa shape index (κ2) is 2.81. The Hall–Kier alpha value is -1.98. The van der Waals surface area contributed by atoms with Gasteiger partial charge in [0.2, 0.25) is 5.82 Å². The molecular formula is C7H5FN4O. The molecule has 1 heterocycles. The summed E-state index contributed by atoms with van der Waals surface area (Å²) in [7, 11) is 0. The summed E-state index contributed by atoms with van der Waals surface area (Å²) >= 11 is 0. The normalized spacial score (nSPS) is 10.2. The lowest BCUT2D eigenvalue weighted by Crippen LogP contribution is -1.87. The zero-order valence-electron chi connectivity index (χ0n) is 6.40. The molecule has 0 atom stereocenters. The van der Waals surface area contributed by atoms with Crippen molar-refractivity contribution >= 4 is 0 Å². The highest BCUT2D eigenvalue weighted by molar-refractivity contribution is 5.63. The lowest BCUT2D eigenvalue weighted by Gasteiger charge is -1.99. The first-order valence-corrected chi connectivity index (χ1v) is 3.50. The minimum absolute atomic E-state index is 0.0376. The highest BCUT2D eigenvalue weighted by Crippen LogP contribution is 2.27. The molecule has 0 fully saturated rings. The van der Waals surface area contributed by atoms with Gasteiger partial charge in [0.25, 0.3) is 0 Å². The van der Waals surface area contributed by atoms with Crippen LogP contribution >= 0.6 is 0 Å². The van der Waals surface area contributed by atoms with Gasteiger partial charge in [-0.05, 0) is 17.3 Å². The van der Waals surface area contributed by atoms with E-state index >= 15 is 0 Å². The molecule has 66 valence electrons. The number of phenols is 1. The van der Waals surface area contributed by atoms with Crippen LogP contribution in [0.15, 0.2) is 18.2 Å². The third-order valence-electron chi connectivity index (χ3n) is 1.56. The fourth-order valence-electron chi connectivity index (χ4n) is 1.00. The van der Waals surface area contributed by atoms with Gasteiger partial charge in [-0.15, -0.1) is 10.2 Å². The molecule has 0 saturated heterocycles. The Bertz CT molecular complexity index is 394. The van der Waals surface area contributed by atoms with Crippen molar-refractivity contribution < 1.29 is 9.50 Å². The van der Waals surface area contributed by atoms with Crippen molar-refractivity contribution in [2.75, 3.05) is 0 Å². The zero-order chi connectivity index (χ0) is 9.26. The summed E-state index contributed by atoms with van der Waals surface area (Å²) in [5.41, 5.74) is -0.0451. The van der Waals surface area contributed by atoms with Crippen LogP contribution in [0.1, 0.15) is 0 Å². The van der Waals surface area contributed by atoms with Gasteiger partial charge in [0.1, 0.15) is 17.1 Å². The number of H-pyrrole nitrogens is 1. The number of tetrazole rings is 1. The number of phenolic OH excluding ortho intramolecular Hbond substituents is 1. The van der Waals surface area contributed by atoms with E-state index in [2.05, 4.69) is 20.6 Å². The Labute approximate surface area is 72.2 Å². The quantitative estimate of drug-likeness (QED) is 0.677. The number of rotatable bonds is 1. The summed E-state index contributed by atoms with van der Waals surface area (Å²) in [6.07, 6.45) is 0. The Kier molecular flexibility index (Phi) is 1.66. The van der Waals surface area contributed by atoms with Gasteiger partial charge in [-0.3, -0.25) is 0 Å². The summed E-state index contributed by atoms with van der Waals surface area (Å²) in [6.45, 7) is 0. The first-order valence-electron chi connectivity index (χ1n) is 3.50. The number of halogens is 1. The van der Waals surface area contributed by atoms with Crippen molar-refractivity contribution in [3.63, 3.8) is 0 Å². The Morgan fingerprint density at radius 3 is 2.85 bits per heavy atom. The zero-order valence-corrected chi connectivity index (χ0v) is 6.40. The molecule has 0 spiro atoms. The summed E-state index contributed by atoms with van der Waals surface area (Å²) in [5, 5.41) is 21.9. The van der Waals surface area contributed by atoms with Gasteiger partial charge in [0, 0.05) is 0 Å². The SMILES string of the molecule is Oc1cccc(F)c1-c1nn[nH]n1. The fraction of sp³-hybridized carbons (Fsp3) is 0. The molecule has 0 radical (unpaired) electrons. The van der Waals surface area contributed by atoms with Crippen LogP contribution < -0.4 is 0 Å². The average molecular weight is 180 g/mol. The first-order chi connectivity index (χ1) is 6.29. The van der Waals surface area contributed by atoms with Crippen molar-refractivity contribution in [3.05, 3.63) is 24.0 Å². The van der Waals surface area contributed by atoms with Crippen LogP contribution in [0.2, 0.25) is 0 Å². The number of aromatic nitrogens is 4. The lowest BCUT2D eigenvalue weighted by molar-refractivity contribution is 0.471. The molecule has 0 amide bonds. The lowest BCUT2D eigenvalue weighted by atomic mass is 10.2.